The lowest BCUT2D eigenvalue weighted by Crippen LogP contribution is -2.23. The van der Waals surface area contributed by atoms with Crippen molar-refractivity contribution < 1.29 is 14.3 Å². The van der Waals surface area contributed by atoms with E-state index in [4.69, 9.17) is 17.0 Å². The van der Waals surface area contributed by atoms with Gasteiger partial charge in [-0.3, -0.25) is 14.6 Å². The molecule has 0 atom stereocenters. The van der Waals surface area contributed by atoms with E-state index in [-0.39, 0.29) is 23.4 Å². The van der Waals surface area contributed by atoms with Gasteiger partial charge in [-0.25, -0.2) is 10.2 Å². The summed E-state index contributed by atoms with van der Waals surface area (Å²) < 4.78 is 5.21. The summed E-state index contributed by atoms with van der Waals surface area (Å²) in [5.41, 5.74) is 5.37. The normalized spacial score (nSPS) is 11.3. The van der Waals surface area contributed by atoms with Crippen LogP contribution in [0.2, 0.25) is 0 Å². The lowest BCUT2D eigenvalue weighted by atomic mass is 10.1. The molecule has 9 nitrogen and oxygen atoms in total. The molecule has 2 heterocycles. The number of H-pyrrole nitrogens is 3. The van der Waals surface area contributed by atoms with Crippen molar-refractivity contribution in [2.75, 3.05) is 6.61 Å². The summed E-state index contributed by atoms with van der Waals surface area (Å²) in [5, 5.41) is 4.06. The zero-order valence-corrected chi connectivity index (χ0v) is 16.3. The molecule has 0 bridgehead atoms. The fraction of sp³-hybridized carbons (Fsp3) is 0.353. The van der Waals surface area contributed by atoms with Crippen molar-refractivity contribution in [3.63, 3.8) is 0 Å². The Morgan fingerprint density at radius 1 is 1.26 bits per heavy atom. The van der Waals surface area contributed by atoms with Crippen LogP contribution in [-0.2, 0) is 16.0 Å². The molecule has 2 aromatic rings. The lowest BCUT2D eigenvalue weighted by Gasteiger charge is -2.04. The van der Waals surface area contributed by atoms with Crippen LogP contribution < -0.4 is 11.0 Å². The van der Waals surface area contributed by atoms with Crippen molar-refractivity contribution >= 4 is 29.8 Å². The monoisotopic (exact) mass is 391 g/mol. The smallest absolute Gasteiger partial charge is 0.340 e. The second-order valence-corrected chi connectivity index (χ2v) is 6.28. The molecule has 0 aliphatic rings. The van der Waals surface area contributed by atoms with Crippen LogP contribution in [0.4, 0.5) is 0 Å². The zero-order chi connectivity index (χ0) is 20.1. The fourth-order valence-corrected chi connectivity index (χ4v) is 2.88. The number of nitrogens with zero attached hydrogens (tertiary/aromatic N) is 1. The van der Waals surface area contributed by atoms with Crippen LogP contribution in [0, 0.1) is 18.6 Å². The van der Waals surface area contributed by atoms with Gasteiger partial charge in [-0.05, 0) is 45.5 Å². The number of hydrazone groups is 1. The Labute approximate surface area is 160 Å². The number of nitrogens with one attached hydrogen (secondary N) is 4. The van der Waals surface area contributed by atoms with Crippen LogP contribution in [0.1, 0.15) is 46.9 Å². The maximum atomic E-state index is 12.1. The topological polar surface area (TPSA) is 132 Å². The van der Waals surface area contributed by atoms with Crippen molar-refractivity contribution in [3.05, 3.63) is 49.4 Å². The number of hydrogen-bond donors (Lipinski definition) is 4. The van der Waals surface area contributed by atoms with Gasteiger partial charge >= 0.3 is 5.97 Å². The van der Waals surface area contributed by atoms with Crippen LogP contribution in [0.3, 0.4) is 0 Å². The van der Waals surface area contributed by atoms with E-state index < -0.39 is 11.9 Å². The van der Waals surface area contributed by atoms with Crippen LogP contribution in [-0.4, -0.2) is 39.1 Å². The first-order chi connectivity index (χ1) is 12.7. The molecule has 144 valence electrons. The highest BCUT2D eigenvalue weighted by atomic mass is 32.1. The average molecular weight is 391 g/mol. The second-order valence-electron chi connectivity index (χ2n) is 5.87. The fourth-order valence-electron chi connectivity index (χ4n) is 2.65. The second kappa shape index (κ2) is 8.58. The zero-order valence-electron chi connectivity index (χ0n) is 15.5. The number of rotatable bonds is 6. The minimum atomic E-state index is -0.419. The standard InChI is InChI=1S/C17H21N5O4S/c1-5-26-16(25)14-8(2)15(18-9(14)3)10(4)21-22-13(24)7-11-6-12(23)20-17(27)19-11/h6,18H,5,7H2,1-4H3,(H,22,24)(H2,19,20,23,27)/b21-10+. The number of amides is 1. The molecule has 0 aliphatic heterocycles. The number of aromatic amines is 3. The number of aromatic nitrogens is 3. The number of carbonyl (C=O) groups is 2. The third kappa shape index (κ3) is 5.00. The summed E-state index contributed by atoms with van der Waals surface area (Å²) in [7, 11) is 0. The predicted molar refractivity (Wildman–Crippen MR) is 103 cm³/mol. The highest BCUT2D eigenvalue weighted by molar-refractivity contribution is 7.71. The molecule has 0 spiro atoms. The molecular formula is C17H21N5O4S. The van der Waals surface area contributed by atoms with Gasteiger partial charge in [0, 0.05) is 17.5 Å². The SMILES string of the molecule is CCOC(=O)c1c(C)[nH]c(/C(C)=N/NC(=O)Cc2cc(=O)[nH]c(=S)[nH]2)c1C. The molecule has 27 heavy (non-hydrogen) atoms. The van der Waals surface area contributed by atoms with Crippen LogP contribution in [0.25, 0.3) is 0 Å². The Kier molecular flexibility index (Phi) is 6.45. The number of aryl methyl sites for hydroxylation is 1. The summed E-state index contributed by atoms with van der Waals surface area (Å²) in [5.74, 6) is -0.825. The van der Waals surface area contributed by atoms with Gasteiger partial charge in [0.15, 0.2) is 4.77 Å². The summed E-state index contributed by atoms with van der Waals surface area (Å²) in [6, 6.07) is 1.26. The van der Waals surface area contributed by atoms with Crippen molar-refractivity contribution in [2.24, 2.45) is 5.10 Å². The van der Waals surface area contributed by atoms with Crippen molar-refractivity contribution in [1.82, 2.24) is 20.4 Å². The molecule has 0 aromatic carbocycles. The van der Waals surface area contributed by atoms with E-state index in [1.165, 1.54) is 6.07 Å². The summed E-state index contributed by atoms with van der Waals surface area (Å²) >= 11 is 4.87. The summed E-state index contributed by atoms with van der Waals surface area (Å²) in [4.78, 5) is 43.7. The number of esters is 1. The summed E-state index contributed by atoms with van der Waals surface area (Å²) in [6.07, 6.45) is -0.0822. The van der Waals surface area contributed by atoms with Gasteiger partial charge in [0.2, 0.25) is 5.91 Å². The van der Waals surface area contributed by atoms with Gasteiger partial charge in [-0.2, -0.15) is 5.10 Å². The molecule has 0 saturated carbocycles. The minimum Gasteiger partial charge on any atom is -0.462 e. The van der Waals surface area contributed by atoms with E-state index >= 15 is 0 Å². The maximum absolute atomic E-state index is 12.1. The molecule has 4 N–H and O–H groups in total. The Balaban J connectivity index is 2.14. The Morgan fingerprint density at radius 3 is 2.59 bits per heavy atom. The van der Waals surface area contributed by atoms with Gasteiger partial charge < -0.3 is 14.7 Å². The van der Waals surface area contributed by atoms with E-state index in [0.29, 0.717) is 33.9 Å². The minimum absolute atomic E-state index is 0.0822. The third-order valence-corrected chi connectivity index (χ3v) is 4.00. The van der Waals surface area contributed by atoms with E-state index in [9.17, 15) is 14.4 Å². The first-order valence-corrected chi connectivity index (χ1v) is 8.66. The first kappa shape index (κ1) is 20.3. The van der Waals surface area contributed by atoms with E-state index in [1.807, 2.05) is 0 Å². The Morgan fingerprint density at radius 2 is 1.96 bits per heavy atom. The molecule has 0 fully saturated rings. The van der Waals surface area contributed by atoms with Crippen molar-refractivity contribution in [1.29, 1.82) is 0 Å². The number of ether oxygens (including phenoxy) is 1. The Hall–Kier alpha value is -3.01. The highest BCUT2D eigenvalue weighted by Crippen LogP contribution is 2.19. The quantitative estimate of drug-likeness (QED) is 0.257. The maximum Gasteiger partial charge on any atom is 0.340 e. The molecule has 0 radical (unpaired) electrons. The molecule has 1 amide bonds. The molecule has 2 rings (SSSR count). The van der Waals surface area contributed by atoms with Crippen LogP contribution >= 0.6 is 12.2 Å². The van der Waals surface area contributed by atoms with E-state index in [2.05, 4.69) is 25.5 Å². The third-order valence-electron chi connectivity index (χ3n) is 3.79. The van der Waals surface area contributed by atoms with E-state index in [0.717, 1.165) is 0 Å². The van der Waals surface area contributed by atoms with Crippen LogP contribution in [0.15, 0.2) is 16.0 Å². The molecule has 0 aliphatic carbocycles. The molecule has 2 aromatic heterocycles. The van der Waals surface area contributed by atoms with Crippen molar-refractivity contribution in [2.45, 2.75) is 34.1 Å². The van der Waals surface area contributed by atoms with Gasteiger partial charge in [-0.15, -0.1) is 0 Å². The van der Waals surface area contributed by atoms with E-state index in [1.54, 1.807) is 27.7 Å². The van der Waals surface area contributed by atoms with Gasteiger partial charge in [0.25, 0.3) is 5.56 Å². The molecular weight excluding hydrogens is 370 g/mol. The highest BCUT2D eigenvalue weighted by Gasteiger charge is 2.20. The predicted octanol–water partition coefficient (Wildman–Crippen LogP) is 1.64. The lowest BCUT2D eigenvalue weighted by molar-refractivity contribution is -0.120. The molecule has 10 heteroatoms. The van der Waals surface area contributed by atoms with Crippen molar-refractivity contribution in [3.8, 4) is 0 Å². The number of carbonyl (C=O) groups excluding carboxylic acids is 2. The van der Waals surface area contributed by atoms with Gasteiger partial charge in [0.05, 0.1) is 30.0 Å². The first-order valence-electron chi connectivity index (χ1n) is 8.25. The number of hydrogen-bond acceptors (Lipinski definition) is 6. The van der Waals surface area contributed by atoms with Gasteiger partial charge in [-0.1, -0.05) is 0 Å². The van der Waals surface area contributed by atoms with Gasteiger partial charge in [0.1, 0.15) is 0 Å². The largest absolute Gasteiger partial charge is 0.462 e. The Bertz CT molecular complexity index is 987. The van der Waals surface area contributed by atoms with Crippen LogP contribution in [0.5, 0.6) is 0 Å². The molecule has 0 unspecified atom stereocenters. The average Bonchev–Trinajstić information content (AvgIpc) is 2.86. The summed E-state index contributed by atoms with van der Waals surface area (Å²) in [6.45, 7) is 7.28. The molecule has 0 saturated heterocycles.